The fraction of sp³-hybridized carbons (Fsp3) is 0.381. The lowest BCUT2D eigenvalue weighted by Gasteiger charge is -2.48. The number of aryl methyl sites for hydroxylation is 1. The lowest BCUT2D eigenvalue weighted by Crippen LogP contribution is -2.60. The summed E-state index contributed by atoms with van der Waals surface area (Å²) in [6.07, 6.45) is 8.68. The number of halogens is 1. The molecule has 8 nitrogen and oxygen atoms in total. The first-order valence-corrected chi connectivity index (χ1v) is 10.1. The van der Waals surface area contributed by atoms with Crippen molar-refractivity contribution < 1.29 is 9.18 Å². The molecule has 0 bridgehead atoms. The number of aromatic nitrogens is 5. The Bertz CT molecular complexity index is 1130. The van der Waals surface area contributed by atoms with Crippen LogP contribution in [0.1, 0.15) is 28.9 Å². The number of piperidine rings is 1. The fourth-order valence-corrected chi connectivity index (χ4v) is 5.36. The molecule has 9 heteroatoms. The van der Waals surface area contributed by atoms with E-state index < -0.39 is 5.82 Å². The molecular weight excluding hydrogens is 385 g/mol. The van der Waals surface area contributed by atoms with Crippen molar-refractivity contribution in [1.82, 2.24) is 29.9 Å². The van der Waals surface area contributed by atoms with Crippen LogP contribution in [0, 0.1) is 24.1 Å². The molecule has 3 heterocycles. The van der Waals surface area contributed by atoms with E-state index in [2.05, 4.69) is 25.5 Å². The third-order valence-electron chi connectivity index (χ3n) is 6.80. The zero-order valence-corrected chi connectivity index (χ0v) is 16.4. The van der Waals surface area contributed by atoms with Crippen LogP contribution in [0.4, 0.5) is 10.2 Å². The molecule has 1 aromatic carbocycles. The maximum atomic E-state index is 14.1. The van der Waals surface area contributed by atoms with Gasteiger partial charge in [0.15, 0.2) is 0 Å². The molecule has 1 saturated heterocycles. The molecule has 2 aliphatic carbocycles. The van der Waals surface area contributed by atoms with Crippen molar-refractivity contribution in [1.29, 1.82) is 0 Å². The Balaban J connectivity index is 1.30. The number of nitrogens with zero attached hydrogens (tertiary/aromatic N) is 6. The summed E-state index contributed by atoms with van der Waals surface area (Å²) in [7, 11) is 0. The zero-order chi connectivity index (χ0) is 20.5. The Labute approximate surface area is 172 Å². The highest BCUT2D eigenvalue weighted by Crippen LogP contribution is 2.71. The average Bonchev–Trinajstić information content (AvgIpc) is 3.10. The minimum absolute atomic E-state index is 0.0693. The maximum absolute atomic E-state index is 14.1. The first kappa shape index (κ1) is 17.5. The molecule has 1 amide bonds. The summed E-state index contributed by atoms with van der Waals surface area (Å²) in [6.45, 7) is 2.59. The molecule has 3 fully saturated rings. The standard InChI is InChI=1S/C21H20FN7O/c1-12-9-24-18(10-23-12)27-16-8-21-7-13(21)11-28(19(16)21)20(30)15-6-14(22)2-3-17(15)29-25-4-5-26-29/h2-6,9-10,13,16,19H,7-8,11H2,1H3,(H,24,27). The molecule has 152 valence electrons. The van der Waals surface area contributed by atoms with Gasteiger partial charge in [-0.3, -0.25) is 9.78 Å². The molecule has 3 aromatic rings. The highest BCUT2D eigenvalue weighted by atomic mass is 19.1. The van der Waals surface area contributed by atoms with E-state index in [0.717, 1.165) is 18.5 Å². The first-order valence-electron chi connectivity index (χ1n) is 10.1. The van der Waals surface area contributed by atoms with Crippen LogP contribution in [0.15, 0.2) is 43.0 Å². The molecule has 30 heavy (non-hydrogen) atoms. The van der Waals surface area contributed by atoms with Gasteiger partial charge in [0.25, 0.3) is 5.91 Å². The second kappa shape index (κ2) is 6.07. The van der Waals surface area contributed by atoms with Gasteiger partial charge in [-0.15, -0.1) is 0 Å². The topological polar surface area (TPSA) is 88.8 Å². The molecule has 1 spiro atoms. The van der Waals surface area contributed by atoms with Crippen LogP contribution in [0.5, 0.6) is 0 Å². The number of nitrogens with one attached hydrogen (secondary N) is 1. The van der Waals surface area contributed by atoms with Crippen LogP contribution >= 0.6 is 0 Å². The predicted molar refractivity (Wildman–Crippen MR) is 105 cm³/mol. The van der Waals surface area contributed by atoms with Crippen LogP contribution in [0.3, 0.4) is 0 Å². The number of amides is 1. The summed E-state index contributed by atoms with van der Waals surface area (Å²) < 4.78 is 14.1. The van der Waals surface area contributed by atoms with Crippen molar-refractivity contribution in [3.8, 4) is 5.69 Å². The van der Waals surface area contributed by atoms with Crippen molar-refractivity contribution in [2.75, 3.05) is 11.9 Å². The molecule has 4 unspecified atom stereocenters. The molecular formula is C21H20FN7O. The van der Waals surface area contributed by atoms with Gasteiger partial charge in [0, 0.05) is 12.6 Å². The number of hydrogen-bond acceptors (Lipinski definition) is 6. The van der Waals surface area contributed by atoms with Gasteiger partial charge < -0.3 is 10.2 Å². The fourth-order valence-electron chi connectivity index (χ4n) is 5.36. The van der Waals surface area contributed by atoms with Crippen molar-refractivity contribution in [2.45, 2.75) is 31.8 Å². The van der Waals surface area contributed by atoms with Crippen LogP contribution in [0.2, 0.25) is 0 Å². The number of carbonyl (C=O) groups is 1. The Hall–Kier alpha value is -3.36. The molecule has 1 aliphatic heterocycles. The quantitative estimate of drug-likeness (QED) is 0.716. The Kier molecular flexibility index (Phi) is 3.54. The molecule has 2 saturated carbocycles. The van der Waals surface area contributed by atoms with Gasteiger partial charge in [0.2, 0.25) is 0 Å². The monoisotopic (exact) mass is 405 g/mol. The second-order valence-electron chi connectivity index (χ2n) is 8.51. The summed E-state index contributed by atoms with van der Waals surface area (Å²) in [6, 6.07) is 4.33. The minimum atomic E-state index is -0.452. The lowest BCUT2D eigenvalue weighted by atomic mass is 9.71. The number of likely N-dealkylation sites (tertiary alicyclic amines) is 1. The van der Waals surface area contributed by atoms with E-state index in [4.69, 9.17) is 0 Å². The Morgan fingerprint density at radius 2 is 2.03 bits per heavy atom. The zero-order valence-electron chi connectivity index (χ0n) is 16.4. The smallest absolute Gasteiger partial charge is 0.256 e. The van der Waals surface area contributed by atoms with E-state index in [1.54, 1.807) is 18.5 Å². The van der Waals surface area contributed by atoms with Crippen molar-refractivity contribution in [3.05, 3.63) is 60.1 Å². The largest absolute Gasteiger partial charge is 0.364 e. The molecule has 1 N–H and O–H groups in total. The highest BCUT2D eigenvalue weighted by molar-refractivity contribution is 5.98. The van der Waals surface area contributed by atoms with Crippen molar-refractivity contribution in [2.24, 2.45) is 11.3 Å². The van der Waals surface area contributed by atoms with Crippen LogP contribution in [0.25, 0.3) is 5.69 Å². The average molecular weight is 405 g/mol. The van der Waals surface area contributed by atoms with Crippen LogP contribution in [-0.2, 0) is 0 Å². The van der Waals surface area contributed by atoms with Gasteiger partial charge in [-0.1, -0.05) is 0 Å². The van der Waals surface area contributed by atoms with Gasteiger partial charge in [-0.2, -0.15) is 15.0 Å². The first-order chi connectivity index (χ1) is 14.5. The molecule has 2 aromatic heterocycles. The number of benzene rings is 1. The van der Waals surface area contributed by atoms with Crippen molar-refractivity contribution in [3.63, 3.8) is 0 Å². The van der Waals surface area contributed by atoms with Crippen LogP contribution in [-0.4, -0.2) is 54.4 Å². The maximum Gasteiger partial charge on any atom is 0.256 e. The molecule has 6 rings (SSSR count). The summed E-state index contributed by atoms with van der Waals surface area (Å²) in [5.41, 5.74) is 1.82. The second-order valence-corrected chi connectivity index (χ2v) is 8.51. The van der Waals surface area contributed by atoms with Gasteiger partial charge in [-0.05, 0) is 49.3 Å². The molecule has 0 radical (unpaired) electrons. The number of carbonyl (C=O) groups excluding carboxylic acids is 1. The number of hydrogen-bond donors (Lipinski definition) is 1. The Morgan fingerprint density at radius 3 is 2.80 bits per heavy atom. The third-order valence-corrected chi connectivity index (χ3v) is 6.80. The molecule has 3 aliphatic rings. The number of anilines is 1. The van der Waals surface area contributed by atoms with E-state index in [-0.39, 0.29) is 29.0 Å². The van der Waals surface area contributed by atoms with E-state index in [1.807, 2.05) is 11.8 Å². The summed E-state index contributed by atoms with van der Waals surface area (Å²) in [5.74, 6) is 0.601. The van der Waals surface area contributed by atoms with E-state index in [0.29, 0.717) is 24.0 Å². The number of rotatable bonds is 4. The summed E-state index contributed by atoms with van der Waals surface area (Å²) >= 11 is 0. The van der Waals surface area contributed by atoms with Gasteiger partial charge >= 0.3 is 0 Å². The predicted octanol–water partition coefficient (Wildman–Crippen LogP) is 2.22. The highest BCUT2D eigenvalue weighted by Gasteiger charge is 2.75. The lowest BCUT2D eigenvalue weighted by molar-refractivity contribution is 0.0471. The van der Waals surface area contributed by atoms with E-state index in [9.17, 15) is 9.18 Å². The van der Waals surface area contributed by atoms with E-state index >= 15 is 0 Å². The minimum Gasteiger partial charge on any atom is -0.364 e. The van der Waals surface area contributed by atoms with Gasteiger partial charge in [0.1, 0.15) is 11.6 Å². The van der Waals surface area contributed by atoms with Crippen LogP contribution < -0.4 is 5.32 Å². The SMILES string of the molecule is Cc1cnc(NC2CC34CC3CN(C(=O)c3cc(F)ccc3-n3nccn3)C24)cn1. The van der Waals surface area contributed by atoms with Crippen molar-refractivity contribution >= 4 is 11.7 Å². The van der Waals surface area contributed by atoms with Gasteiger partial charge in [0.05, 0.1) is 47.8 Å². The van der Waals surface area contributed by atoms with Gasteiger partial charge in [-0.25, -0.2) is 9.37 Å². The summed E-state index contributed by atoms with van der Waals surface area (Å²) in [4.78, 5) is 25.5. The molecule has 4 atom stereocenters. The Morgan fingerprint density at radius 1 is 1.20 bits per heavy atom. The third kappa shape index (κ3) is 2.47. The van der Waals surface area contributed by atoms with E-state index in [1.165, 1.54) is 29.3 Å². The normalized spacial score (nSPS) is 28.5. The summed E-state index contributed by atoms with van der Waals surface area (Å²) in [5, 5.41) is 11.7.